The van der Waals surface area contributed by atoms with Crippen LogP contribution in [-0.2, 0) is 16.0 Å². The standard InChI is InChI=1S/C12H20N4O3/c1-9-7-14-10(16-9)5-3-4-6-13-11(17)8-15-12(18)19-2/h7H,3-6,8H2,1-2H3,(H,13,17)(H,14,16)(H,15,18). The van der Waals surface area contributed by atoms with E-state index >= 15 is 0 Å². The average Bonchev–Trinajstić information content (AvgIpc) is 2.81. The molecular formula is C12H20N4O3. The molecule has 0 spiro atoms. The molecule has 7 heteroatoms. The van der Waals surface area contributed by atoms with Crippen LogP contribution in [0.2, 0.25) is 0 Å². The minimum absolute atomic E-state index is 0.0654. The summed E-state index contributed by atoms with van der Waals surface area (Å²) in [5.74, 6) is 0.746. The molecule has 0 unspecified atom stereocenters. The van der Waals surface area contributed by atoms with Crippen molar-refractivity contribution in [2.24, 2.45) is 0 Å². The van der Waals surface area contributed by atoms with Crippen molar-refractivity contribution < 1.29 is 14.3 Å². The van der Waals surface area contributed by atoms with Gasteiger partial charge in [0.1, 0.15) is 5.82 Å². The summed E-state index contributed by atoms with van der Waals surface area (Å²) in [5.41, 5.74) is 1.05. The summed E-state index contributed by atoms with van der Waals surface area (Å²) < 4.78 is 4.35. The van der Waals surface area contributed by atoms with Gasteiger partial charge in [0.15, 0.2) is 0 Å². The molecule has 106 valence electrons. The average molecular weight is 268 g/mol. The van der Waals surface area contributed by atoms with Gasteiger partial charge in [0.2, 0.25) is 5.91 Å². The highest BCUT2D eigenvalue weighted by Crippen LogP contribution is 2.00. The molecule has 0 aliphatic heterocycles. The number of imidazole rings is 1. The van der Waals surface area contributed by atoms with Crippen LogP contribution in [0, 0.1) is 6.92 Å². The smallest absolute Gasteiger partial charge is 0.407 e. The number of aromatic nitrogens is 2. The Labute approximate surface area is 112 Å². The number of carbonyl (C=O) groups excluding carboxylic acids is 2. The van der Waals surface area contributed by atoms with Crippen molar-refractivity contribution in [3.63, 3.8) is 0 Å². The van der Waals surface area contributed by atoms with Crippen molar-refractivity contribution in [1.82, 2.24) is 20.6 Å². The van der Waals surface area contributed by atoms with Gasteiger partial charge in [0.25, 0.3) is 0 Å². The van der Waals surface area contributed by atoms with E-state index in [1.54, 1.807) is 6.20 Å². The number of rotatable bonds is 7. The lowest BCUT2D eigenvalue weighted by atomic mass is 10.2. The van der Waals surface area contributed by atoms with Crippen LogP contribution < -0.4 is 10.6 Å². The monoisotopic (exact) mass is 268 g/mol. The van der Waals surface area contributed by atoms with Crippen molar-refractivity contribution in [2.45, 2.75) is 26.2 Å². The molecule has 1 rings (SSSR count). The lowest BCUT2D eigenvalue weighted by Gasteiger charge is -2.05. The highest BCUT2D eigenvalue weighted by molar-refractivity contribution is 5.81. The summed E-state index contributed by atoms with van der Waals surface area (Å²) in [6.45, 7) is 2.48. The molecule has 1 aromatic heterocycles. The van der Waals surface area contributed by atoms with Gasteiger partial charge in [0, 0.05) is 24.9 Å². The number of hydrogen-bond acceptors (Lipinski definition) is 4. The van der Waals surface area contributed by atoms with E-state index in [1.807, 2.05) is 6.92 Å². The predicted molar refractivity (Wildman–Crippen MR) is 69.7 cm³/mol. The third-order valence-electron chi connectivity index (χ3n) is 2.50. The number of nitrogens with one attached hydrogen (secondary N) is 3. The second-order valence-electron chi connectivity index (χ2n) is 4.17. The fourth-order valence-electron chi connectivity index (χ4n) is 1.53. The number of hydrogen-bond donors (Lipinski definition) is 3. The number of aromatic amines is 1. The second kappa shape index (κ2) is 8.12. The number of carbonyl (C=O) groups is 2. The Bertz CT molecular complexity index is 417. The Morgan fingerprint density at radius 2 is 2.16 bits per heavy atom. The zero-order chi connectivity index (χ0) is 14.1. The van der Waals surface area contributed by atoms with Crippen molar-refractivity contribution in [2.75, 3.05) is 20.2 Å². The van der Waals surface area contributed by atoms with Crippen molar-refractivity contribution in [3.05, 3.63) is 17.7 Å². The largest absolute Gasteiger partial charge is 0.453 e. The fraction of sp³-hybridized carbons (Fsp3) is 0.583. The topological polar surface area (TPSA) is 96.1 Å². The maximum absolute atomic E-state index is 11.3. The first-order chi connectivity index (χ1) is 9.11. The van der Waals surface area contributed by atoms with Gasteiger partial charge >= 0.3 is 6.09 Å². The molecule has 0 saturated heterocycles. The Morgan fingerprint density at radius 3 is 2.79 bits per heavy atom. The molecule has 0 aliphatic rings. The van der Waals surface area contributed by atoms with Crippen LogP contribution in [0.25, 0.3) is 0 Å². The molecule has 1 heterocycles. The lowest BCUT2D eigenvalue weighted by molar-refractivity contribution is -0.120. The molecular weight excluding hydrogens is 248 g/mol. The molecule has 0 fully saturated rings. The summed E-state index contributed by atoms with van der Waals surface area (Å²) in [6, 6.07) is 0. The van der Waals surface area contributed by atoms with Crippen LogP contribution in [0.5, 0.6) is 0 Å². The molecule has 2 amide bonds. The third-order valence-corrected chi connectivity index (χ3v) is 2.50. The van der Waals surface area contributed by atoms with Crippen LogP contribution in [0.1, 0.15) is 24.4 Å². The SMILES string of the molecule is COC(=O)NCC(=O)NCCCCc1ncc(C)[nH]1. The molecule has 0 atom stereocenters. The molecule has 0 saturated carbocycles. The van der Waals surface area contributed by atoms with E-state index in [4.69, 9.17) is 0 Å². The number of unbranched alkanes of at least 4 members (excludes halogenated alkanes) is 1. The second-order valence-corrected chi connectivity index (χ2v) is 4.17. The van der Waals surface area contributed by atoms with Gasteiger partial charge in [-0.3, -0.25) is 4.79 Å². The number of aryl methyl sites for hydroxylation is 2. The first-order valence-corrected chi connectivity index (χ1v) is 6.21. The minimum Gasteiger partial charge on any atom is -0.453 e. The Balaban J connectivity index is 2.01. The fourth-order valence-corrected chi connectivity index (χ4v) is 1.53. The maximum Gasteiger partial charge on any atom is 0.407 e. The van der Waals surface area contributed by atoms with E-state index < -0.39 is 6.09 Å². The van der Waals surface area contributed by atoms with E-state index in [9.17, 15) is 9.59 Å². The van der Waals surface area contributed by atoms with Crippen molar-refractivity contribution in [3.8, 4) is 0 Å². The van der Waals surface area contributed by atoms with E-state index in [0.29, 0.717) is 6.54 Å². The van der Waals surface area contributed by atoms with Crippen LogP contribution in [0.4, 0.5) is 4.79 Å². The Morgan fingerprint density at radius 1 is 1.37 bits per heavy atom. The van der Waals surface area contributed by atoms with Gasteiger partial charge < -0.3 is 20.4 Å². The predicted octanol–water partition coefficient (Wildman–Crippen LogP) is 0.513. The first kappa shape index (κ1) is 15.0. The van der Waals surface area contributed by atoms with Crippen LogP contribution in [0.15, 0.2) is 6.20 Å². The van der Waals surface area contributed by atoms with E-state index in [-0.39, 0.29) is 12.5 Å². The lowest BCUT2D eigenvalue weighted by Crippen LogP contribution is -2.37. The van der Waals surface area contributed by atoms with Gasteiger partial charge in [-0.15, -0.1) is 0 Å². The minimum atomic E-state index is -0.608. The third kappa shape index (κ3) is 6.44. The molecule has 0 bridgehead atoms. The zero-order valence-electron chi connectivity index (χ0n) is 11.3. The Hall–Kier alpha value is -2.05. The van der Waals surface area contributed by atoms with Crippen LogP contribution in [-0.4, -0.2) is 42.2 Å². The molecule has 0 aromatic carbocycles. The summed E-state index contributed by atoms with van der Waals surface area (Å²) in [4.78, 5) is 29.4. The van der Waals surface area contributed by atoms with E-state index in [2.05, 4.69) is 25.3 Å². The first-order valence-electron chi connectivity index (χ1n) is 6.21. The van der Waals surface area contributed by atoms with Gasteiger partial charge in [-0.05, 0) is 19.8 Å². The number of methoxy groups -OCH3 is 1. The van der Waals surface area contributed by atoms with Crippen molar-refractivity contribution in [1.29, 1.82) is 0 Å². The molecule has 0 radical (unpaired) electrons. The Kier molecular flexibility index (Phi) is 6.42. The number of alkyl carbamates (subject to hydrolysis) is 1. The number of amides is 2. The normalized spacial score (nSPS) is 10.0. The van der Waals surface area contributed by atoms with Gasteiger partial charge in [0.05, 0.1) is 13.7 Å². The van der Waals surface area contributed by atoms with Crippen molar-refractivity contribution >= 4 is 12.0 Å². The summed E-state index contributed by atoms with van der Waals surface area (Å²) in [7, 11) is 1.25. The summed E-state index contributed by atoms with van der Waals surface area (Å²) >= 11 is 0. The summed E-state index contributed by atoms with van der Waals surface area (Å²) in [5, 5.41) is 5.03. The van der Waals surface area contributed by atoms with E-state index in [1.165, 1.54) is 7.11 Å². The zero-order valence-corrected chi connectivity index (χ0v) is 11.3. The maximum atomic E-state index is 11.3. The van der Waals surface area contributed by atoms with Gasteiger partial charge in [-0.2, -0.15) is 0 Å². The van der Waals surface area contributed by atoms with Gasteiger partial charge in [-0.25, -0.2) is 9.78 Å². The molecule has 3 N–H and O–H groups in total. The summed E-state index contributed by atoms with van der Waals surface area (Å²) in [6.07, 6.45) is 3.87. The number of ether oxygens (including phenoxy) is 1. The molecule has 19 heavy (non-hydrogen) atoms. The highest BCUT2D eigenvalue weighted by Gasteiger charge is 2.04. The number of H-pyrrole nitrogens is 1. The molecule has 1 aromatic rings. The molecule has 0 aliphatic carbocycles. The quantitative estimate of drug-likeness (QED) is 0.628. The van der Waals surface area contributed by atoms with Gasteiger partial charge in [-0.1, -0.05) is 0 Å². The van der Waals surface area contributed by atoms with Crippen LogP contribution in [0.3, 0.4) is 0 Å². The van der Waals surface area contributed by atoms with E-state index in [0.717, 1.165) is 30.8 Å². The molecule has 7 nitrogen and oxygen atoms in total. The number of nitrogens with zero attached hydrogens (tertiary/aromatic N) is 1. The highest BCUT2D eigenvalue weighted by atomic mass is 16.5. The van der Waals surface area contributed by atoms with Crippen LogP contribution >= 0.6 is 0 Å².